The highest BCUT2D eigenvalue weighted by molar-refractivity contribution is 7.12. The molecule has 0 saturated carbocycles. The minimum atomic E-state index is 0.0249. The molecule has 1 fully saturated rings. The van der Waals surface area contributed by atoms with Crippen molar-refractivity contribution in [1.82, 2.24) is 4.90 Å². The molecule has 5 heteroatoms. The fraction of sp³-hybridized carbons (Fsp3) is 0.455. The molecule has 1 aliphatic heterocycles. The van der Waals surface area contributed by atoms with Gasteiger partial charge in [-0.1, -0.05) is 0 Å². The largest absolute Gasteiger partial charge is 0.496 e. The Morgan fingerprint density at radius 2 is 1.93 bits per heavy atom. The van der Waals surface area contributed by atoms with Gasteiger partial charge in [0.2, 0.25) is 0 Å². The molecule has 2 aromatic rings. The molecule has 0 aliphatic carbocycles. The molecule has 4 nitrogen and oxygen atoms in total. The van der Waals surface area contributed by atoms with E-state index in [9.17, 15) is 9.59 Å². The number of hydrogen-bond donors (Lipinski definition) is 0. The number of carbonyl (C=O) groups excluding carboxylic acids is 2. The SMILES string of the molecule is COc1c(C)cc(C(=O)C2CCCN(Cc3csc(C(C)=O)c3)C2)cc1C. The summed E-state index contributed by atoms with van der Waals surface area (Å²) in [5.41, 5.74) is 3.95. The van der Waals surface area contributed by atoms with Crippen LogP contribution in [0.5, 0.6) is 5.75 Å². The zero-order chi connectivity index (χ0) is 19.6. The molecule has 0 radical (unpaired) electrons. The lowest BCUT2D eigenvalue weighted by Crippen LogP contribution is -2.38. The van der Waals surface area contributed by atoms with Crippen molar-refractivity contribution in [3.63, 3.8) is 0 Å². The first-order valence-electron chi connectivity index (χ1n) is 9.39. The van der Waals surface area contributed by atoms with Crippen molar-refractivity contribution in [3.8, 4) is 5.75 Å². The molecule has 0 bridgehead atoms. The summed E-state index contributed by atoms with van der Waals surface area (Å²) >= 11 is 1.50. The quantitative estimate of drug-likeness (QED) is 0.678. The van der Waals surface area contributed by atoms with Crippen LogP contribution in [0.25, 0.3) is 0 Å². The third-order valence-corrected chi connectivity index (χ3v) is 6.31. The van der Waals surface area contributed by atoms with Gasteiger partial charge >= 0.3 is 0 Å². The lowest BCUT2D eigenvalue weighted by atomic mass is 9.88. The van der Waals surface area contributed by atoms with Crippen LogP contribution in [-0.2, 0) is 6.54 Å². The Hall–Kier alpha value is -1.98. The van der Waals surface area contributed by atoms with Crippen molar-refractivity contribution >= 4 is 22.9 Å². The number of ether oxygens (including phenoxy) is 1. The van der Waals surface area contributed by atoms with Crippen molar-refractivity contribution in [2.24, 2.45) is 5.92 Å². The fourth-order valence-electron chi connectivity index (χ4n) is 3.96. The van der Waals surface area contributed by atoms with Gasteiger partial charge in [0, 0.05) is 24.6 Å². The predicted octanol–water partition coefficient (Wildman–Crippen LogP) is 4.67. The summed E-state index contributed by atoms with van der Waals surface area (Å²) in [5, 5.41) is 2.05. The average molecular weight is 386 g/mol. The highest BCUT2D eigenvalue weighted by Gasteiger charge is 2.27. The number of likely N-dealkylation sites (tertiary alicyclic amines) is 1. The van der Waals surface area contributed by atoms with Crippen molar-refractivity contribution in [2.45, 2.75) is 40.2 Å². The summed E-state index contributed by atoms with van der Waals surface area (Å²) in [6.45, 7) is 8.14. The van der Waals surface area contributed by atoms with E-state index in [0.29, 0.717) is 0 Å². The number of hydrogen-bond acceptors (Lipinski definition) is 5. The summed E-state index contributed by atoms with van der Waals surface area (Å²) < 4.78 is 5.42. The summed E-state index contributed by atoms with van der Waals surface area (Å²) in [5.74, 6) is 1.22. The minimum absolute atomic E-state index is 0.0249. The van der Waals surface area contributed by atoms with E-state index in [0.717, 1.165) is 65.4 Å². The first kappa shape index (κ1) is 19.8. The van der Waals surface area contributed by atoms with E-state index in [4.69, 9.17) is 4.74 Å². The molecule has 0 amide bonds. The topological polar surface area (TPSA) is 46.6 Å². The lowest BCUT2D eigenvalue weighted by molar-refractivity contribution is 0.0811. The van der Waals surface area contributed by atoms with Gasteiger partial charge in [-0.15, -0.1) is 11.3 Å². The second-order valence-corrected chi connectivity index (χ2v) is 8.37. The minimum Gasteiger partial charge on any atom is -0.496 e. The molecule has 1 atom stereocenters. The Balaban J connectivity index is 1.70. The predicted molar refractivity (Wildman–Crippen MR) is 109 cm³/mol. The van der Waals surface area contributed by atoms with E-state index in [1.807, 2.05) is 32.0 Å². The van der Waals surface area contributed by atoms with E-state index in [1.165, 1.54) is 11.3 Å². The van der Waals surface area contributed by atoms with Crippen LogP contribution in [0, 0.1) is 19.8 Å². The third-order valence-electron chi connectivity index (χ3n) is 5.23. The Morgan fingerprint density at radius 1 is 1.22 bits per heavy atom. The number of ketones is 2. The van der Waals surface area contributed by atoms with Gasteiger partial charge in [-0.3, -0.25) is 14.5 Å². The second-order valence-electron chi connectivity index (χ2n) is 7.46. The summed E-state index contributed by atoms with van der Waals surface area (Å²) in [4.78, 5) is 27.7. The Kier molecular flexibility index (Phi) is 6.12. The number of carbonyl (C=O) groups is 2. The molecule has 1 aromatic carbocycles. The number of methoxy groups -OCH3 is 1. The van der Waals surface area contributed by atoms with Crippen molar-refractivity contribution in [1.29, 1.82) is 0 Å². The molecule has 1 aromatic heterocycles. The van der Waals surface area contributed by atoms with Crippen LogP contribution in [0.2, 0.25) is 0 Å². The molecule has 1 aliphatic rings. The van der Waals surface area contributed by atoms with Crippen LogP contribution in [-0.4, -0.2) is 36.7 Å². The lowest BCUT2D eigenvalue weighted by Gasteiger charge is -2.32. The normalized spacial score (nSPS) is 17.7. The molecule has 1 unspecified atom stereocenters. The number of rotatable bonds is 6. The van der Waals surface area contributed by atoms with Gasteiger partial charge in [0.1, 0.15) is 5.75 Å². The number of thiophene rings is 1. The molecule has 2 heterocycles. The van der Waals surface area contributed by atoms with E-state index < -0.39 is 0 Å². The van der Waals surface area contributed by atoms with Crippen LogP contribution in [0.15, 0.2) is 23.6 Å². The zero-order valence-electron chi connectivity index (χ0n) is 16.5. The van der Waals surface area contributed by atoms with E-state index in [1.54, 1.807) is 14.0 Å². The first-order chi connectivity index (χ1) is 12.9. The molecule has 27 heavy (non-hydrogen) atoms. The van der Waals surface area contributed by atoms with Crippen molar-refractivity contribution in [2.75, 3.05) is 20.2 Å². The highest BCUT2D eigenvalue weighted by Crippen LogP contribution is 2.28. The Bertz CT molecular complexity index is 832. The average Bonchev–Trinajstić information content (AvgIpc) is 3.10. The third kappa shape index (κ3) is 4.47. The maximum atomic E-state index is 13.1. The number of Topliss-reactive ketones (excluding diaryl/α,β-unsaturated/α-hetero) is 2. The van der Waals surface area contributed by atoms with Crippen molar-refractivity contribution in [3.05, 3.63) is 50.7 Å². The molecular formula is C22H27NO3S. The number of piperidine rings is 1. The van der Waals surface area contributed by atoms with Gasteiger partial charge < -0.3 is 4.74 Å². The first-order valence-corrected chi connectivity index (χ1v) is 10.3. The maximum Gasteiger partial charge on any atom is 0.169 e. The number of aryl methyl sites for hydroxylation is 2. The van der Waals surface area contributed by atoms with Crippen LogP contribution < -0.4 is 4.74 Å². The molecule has 144 valence electrons. The monoisotopic (exact) mass is 385 g/mol. The summed E-state index contributed by atoms with van der Waals surface area (Å²) in [7, 11) is 1.66. The van der Waals surface area contributed by atoms with Gasteiger partial charge in [-0.05, 0) is 80.4 Å². The van der Waals surface area contributed by atoms with Gasteiger partial charge in [0.15, 0.2) is 11.6 Å². The van der Waals surface area contributed by atoms with Crippen LogP contribution in [0.1, 0.15) is 56.5 Å². The van der Waals surface area contributed by atoms with Crippen LogP contribution >= 0.6 is 11.3 Å². The highest BCUT2D eigenvalue weighted by atomic mass is 32.1. The molecule has 3 rings (SSSR count). The number of nitrogens with zero attached hydrogens (tertiary/aromatic N) is 1. The summed E-state index contributed by atoms with van der Waals surface area (Å²) in [6.07, 6.45) is 1.95. The van der Waals surface area contributed by atoms with Crippen LogP contribution in [0.3, 0.4) is 0 Å². The van der Waals surface area contributed by atoms with E-state index in [2.05, 4.69) is 10.3 Å². The number of benzene rings is 1. The molecule has 0 N–H and O–H groups in total. The molecule has 1 saturated heterocycles. The van der Waals surface area contributed by atoms with Gasteiger partial charge in [0.25, 0.3) is 0 Å². The van der Waals surface area contributed by atoms with Gasteiger partial charge in [-0.2, -0.15) is 0 Å². The second kappa shape index (κ2) is 8.36. The smallest absolute Gasteiger partial charge is 0.169 e. The van der Waals surface area contributed by atoms with Gasteiger partial charge in [0.05, 0.1) is 12.0 Å². The molecular weight excluding hydrogens is 358 g/mol. The Labute approximate surface area is 165 Å². The van der Waals surface area contributed by atoms with Crippen LogP contribution in [0.4, 0.5) is 0 Å². The maximum absolute atomic E-state index is 13.1. The molecule has 0 spiro atoms. The standard InChI is InChI=1S/C22H27NO3S/c1-14-8-19(9-15(2)22(14)26-4)21(25)18-6-5-7-23(12-18)11-17-10-20(16(3)24)27-13-17/h8-10,13,18H,5-7,11-12H2,1-4H3. The van der Waals surface area contributed by atoms with Gasteiger partial charge in [-0.25, -0.2) is 0 Å². The zero-order valence-corrected chi connectivity index (χ0v) is 17.3. The van der Waals surface area contributed by atoms with E-state index in [-0.39, 0.29) is 17.5 Å². The summed E-state index contributed by atoms with van der Waals surface area (Å²) in [6, 6.07) is 5.88. The van der Waals surface area contributed by atoms with Crippen molar-refractivity contribution < 1.29 is 14.3 Å². The Morgan fingerprint density at radius 3 is 2.52 bits per heavy atom. The van der Waals surface area contributed by atoms with E-state index >= 15 is 0 Å². The fourth-order valence-corrected chi connectivity index (χ4v) is 4.77.